The van der Waals surface area contributed by atoms with Crippen molar-refractivity contribution in [2.75, 3.05) is 11.9 Å². The van der Waals surface area contributed by atoms with Crippen LogP contribution in [0.1, 0.15) is 16.7 Å². The van der Waals surface area contributed by atoms with Crippen molar-refractivity contribution >= 4 is 16.6 Å². The number of anilines is 1. The van der Waals surface area contributed by atoms with Crippen molar-refractivity contribution < 1.29 is 0 Å². The molecular weight excluding hydrogens is 304 g/mol. The highest BCUT2D eigenvalue weighted by Crippen LogP contribution is 2.39. The Balaban J connectivity index is 1.36. The van der Waals surface area contributed by atoms with Crippen LogP contribution >= 0.6 is 0 Å². The quantitative estimate of drug-likeness (QED) is 0.455. The predicted octanol–water partition coefficient (Wildman–Crippen LogP) is 5.39. The first-order valence-corrected chi connectivity index (χ1v) is 8.89. The van der Waals surface area contributed by atoms with Crippen LogP contribution in [-0.2, 0) is 12.8 Å². The molecule has 1 aliphatic rings. The Morgan fingerprint density at radius 3 is 2.68 bits per heavy atom. The lowest BCUT2D eigenvalue weighted by Crippen LogP contribution is -2.06. The topological polar surface area (TPSA) is 27.8 Å². The maximum Gasteiger partial charge on any atom is 0.0456 e. The highest BCUT2D eigenvalue weighted by molar-refractivity contribution is 5.83. The molecule has 0 radical (unpaired) electrons. The van der Waals surface area contributed by atoms with Crippen LogP contribution < -0.4 is 5.32 Å². The fraction of sp³-hybridized carbons (Fsp3) is 0.130. The lowest BCUT2D eigenvalue weighted by molar-refractivity contribution is 1.02. The smallest absolute Gasteiger partial charge is 0.0456 e. The predicted molar refractivity (Wildman–Crippen MR) is 105 cm³/mol. The van der Waals surface area contributed by atoms with Gasteiger partial charge in [-0.1, -0.05) is 54.6 Å². The first-order chi connectivity index (χ1) is 12.4. The molecule has 0 saturated carbocycles. The second-order valence-electron chi connectivity index (χ2n) is 6.70. The molecule has 25 heavy (non-hydrogen) atoms. The van der Waals surface area contributed by atoms with Gasteiger partial charge in [0.15, 0.2) is 0 Å². The second-order valence-corrected chi connectivity index (χ2v) is 6.70. The van der Waals surface area contributed by atoms with Gasteiger partial charge in [-0.2, -0.15) is 0 Å². The average molecular weight is 324 g/mol. The molecule has 2 N–H and O–H groups in total. The average Bonchev–Trinajstić information content (AvgIpc) is 3.24. The number of hydrogen-bond acceptors (Lipinski definition) is 1. The van der Waals surface area contributed by atoms with Crippen molar-refractivity contribution in [3.8, 4) is 11.1 Å². The van der Waals surface area contributed by atoms with E-state index in [9.17, 15) is 0 Å². The number of aromatic nitrogens is 1. The molecule has 0 unspecified atom stereocenters. The van der Waals surface area contributed by atoms with Gasteiger partial charge in [-0.05, 0) is 46.4 Å². The van der Waals surface area contributed by atoms with E-state index in [4.69, 9.17) is 0 Å². The molecule has 0 atom stereocenters. The zero-order valence-corrected chi connectivity index (χ0v) is 14.0. The van der Waals surface area contributed by atoms with E-state index in [1.807, 2.05) is 0 Å². The molecule has 0 aliphatic heterocycles. The third kappa shape index (κ3) is 2.42. The highest BCUT2D eigenvalue weighted by Gasteiger charge is 2.20. The maximum absolute atomic E-state index is 3.67. The van der Waals surface area contributed by atoms with Gasteiger partial charge in [-0.3, -0.25) is 0 Å². The van der Waals surface area contributed by atoms with Gasteiger partial charge in [0.25, 0.3) is 0 Å². The molecule has 0 bridgehead atoms. The van der Waals surface area contributed by atoms with Crippen LogP contribution in [0.25, 0.3) is 22.0 Å². The van der Waals surface area contributed by atoms with Crippen molar-refractivity contribution in [1.82, 2.24) is 4.98 Å². The summed E-state index contributed by atoms with van der Waals surface area (Å²) < 4.78 is 0. The van der Waals surface area contributed by atoms with Crippen LogP contribution in [0.5, 0.6) is 0 Å². The number of aromatic amines is 1. The van der Waals surface area contributed by atoms with Gasteiger partial charge in [0.1, 0.15) is 0 Å². The number of H-pyrrole nitrogens is 1. The summed E-state index contributed by atoms with van der Waals surface area (Å²) in [6.07, 6.45) is 4.18. The molecule has 122 valence electrons. The Bertz CT molecular complexity index is 1060. The van der Waals surface area contributed by atoms with E-state index in [2.05, 4.69) is 83.2 Å². The monoisotopic (exact) mass is 324 g/mol. The third-order valence-corrected chi connectivity index (χ3v) is 5.24. The summed E-state index contributed by atoms with van der Waals surface area (Å²) in [7, 11) is 0. The summed E-state index contributed by atoms with van der Waals surface area (Å²) >= 11 is 0. The van der Waals surface area contributed by atoms with E-state index in [1.54, 1.807) is 0 Å². The summed E-state index contributed by atoms with van der Waals surface area (Å²) in [6, 6.07) is 23.9. The van der Waals surface area contributed by atoms with E-state index < -0.39 is 0 Å². The van der Waals surface area contributed by atoms with Crippen molar-refractivity contribution in [2.24, 2.45) is 0 Å². The Morgan fingerprint density at radius 1 is 0.840 bits per heavy atom. The minimum atomic E-state index is 0.939. The molecule has 5 rings (SSSR count). The van der Waals surface area contributed by atoms with Crippen LogP contribution in [0.4, 0.5) is 5.69 Å². The Hall–Kier alpha value is -3.00. The summed E-state index contributed by atoms with van der Waals surface area (Å²) in [5.41, 5.74) is 9.50. The fourth-order valence-corrected chi connectivity index (χ4v) is 3.99. The minimum Gasteiger partial charge on any atom is -0.384 e. The van der Waals surface area contributed by atoms with E-state index in [1.165, 1.54) is 44.4 Å². The van der Waals surface area contributed by atoms with Crippen LogP contribution in [-0.4, -0.2) is 11.5 Å². The van der Waals surface area contributed by atoms with Crippen LogP contribution in [0.2, 0.25) is 0 Å². The van der Waals surface area contributed by atoms with Crippen LogP contribution in [0.3, 0.4) is 0 Å². The second kappa shape index (κ2) is 5.82. The van der Waals surface area contributed by atoms with Gasteiger partial charge in [0, 0.05) is 35.8 Å². The van der Waals surface area contributed by atoms with E-state index in [-0.39, 0.29) is 0 Å². The Labute approximate surface area is 147 Å². The normalized spacial score (nSPS) is 12.2. The molecule has 2 heteroatoms. The summed E-state index contributed by atoms with van der Waals surface area (Å²) in [6.45, 7) is 0.939. The largest absolute Gasteiger partial charge is 0.384 e. The van der Waals surface area contributed by atoms with Gasteiger partial charge < -0.3 is 10.3 Å². The van der Waals surface area contributed by atoms with Crippen LogP contribution in [0.15, 0.2) is 72.9 Å². The van der Waals surface area contributed by atoms with Crippen molar-refractivity contribution in [3.63, 3.8) is 0 Å². The van der Waals surface area contributed by atoms with Crippen molar-refractivity contribution in [1.29, 1.82) is 0 Å². The third-order valence-electron chi connectivity index (χ3n) is 5.24. The Morgan fingerprint density at radius 2 is 1.68 bits per heavy atom. The molecule has 0 saturated heterocycles. The Kier molecular flexibility index (Phi) is 3.34. The summed E-state index contributed by atoms with van der Waals surface area (Å²) in [4.78, 5) is 3.36. The molecule has 1 aromatic heterocycles. The number of benzene rings is 3. The molecule has 0 amide bonds. The first kappa shape index (κ1) is 14.4. The molecule has 1 heterocycles. The van der Waals surface area contributed by atoms with Crippen molar-refractivity contribution in [3.05, 3.63) is 89.6 Å². The van der Waals surface area contributed by atoms with E-state index in [0.29, 0.717) is 0 Å². The van der Waals surface area contributed by atoms with E-state index >= 15 is 0 Å². The van der Waals surface area contributed by atoms with Gasteiger partial charge >= 0.3 is 0 Å². The van der Waals surface area contributed by atoms with Gasteiger partial charge in [-0.15, -0.1) is 0 Å². The molecule has 4 aromatic rings. The molecule has 2 nitrogen and oxygen atoms in total. The number of rotatable bonds is 4. The number of hydrogen-bond donors (Lipinski definition) is 2. The number of fused-ring (bicyclic) bond motifs is 4. The molecular formula is C23H20N2. The molecule has 0 fully saturated rings. The van der Waals surface area contributed by atoms with Crippen molar-refractivity contribution in [2.45, 2.75) is 12.8 Å². The first-order valence-electron chi connectivity index (χ1n) is 8.89. The standard InChI is InChI=1S/C23H20N2/c1-2-7-18-16(6-1)14-21-20(18)9-5-11-23(21)24-13-12-17-15-25-22-10-4-3-8-19(17)22/h1-11,15,24-25H,12-14H2. The highest BCUT2D eigenvalue weighted by atomic mass is 14.9. The molecule has 1 aliphatic carbocycles. The van der Waals surface area contributed by atoms with Gasteiger partial charge in [0.2, 0.25) is 0 Å². The van der Waals surface area contributed by atoms with Crippen LogP contribution in [0, 0.1) is 0 Å². The zero-order chi connectivity index (χ0) is 16.6. The van der Waals surface area contributed by atoms with E-state index in [0.717, 1.165) is 19.4 Å². The minimum absolute atomic E-state index is 0.939. The SMILES string of the molecule is c1ccc2c(c1)Cc1c(NCCc3c[nH]c4ccccc34)cccc1-2. The zero-order valence-electron chi connectivity index (χ0n) is 14.0. The molecule has 0 spiro atoms. The fourth-order valence-electron chi connectivity index (χ4n) is 3.99. The van der Waals surface area contributed by atoms with Gasteiger partial charge in [-0.25, -0.2) is 0 Å². The van der Waals surface area contributed by atoms with Gasteiger partial charge in [0.05, 0.1) is 0 Å². The summed E-state index contributed by atoms with van der Waals surface area (Å²) in [5, 5.41) is 5.00. The maximum atomic E-state index is 3.67. The summed E-state index contributed by atoms with van der Waals surface area (Å²) in [5.74, 6) is 0. The molecule has 3 aromatic carbocycles. The lowest BCUT2D eigenvalue weighted by Gasteiger charge is -2.11. The lowest BCUT2D eigenvalue weighted by atomic mass is 10.0. The number of nitrogens with one attached hydrogen (secondary N) is 2. The number of para-hydroxylation sites is 1.